The summed E-state index contributed by atoms with van der Waals surface area (Å²) in [6, 6.07) is 7.12. The number of hydrogen-bond acceptors (Lipinski definition) is 8. The topological polar surface area (TPSA) is 88.5 Å². The largest absolute Gasteiger partial charge is 0.475 e. The standard InChI is InChI=1S/C8H3ClO2S2.C8H4O3S2/c9-8(11)7(10)6-3-5-4(13-6)1-2-12-5;9-7(8(10)11)6-3-5-4(13-6)1-2-12-5/h1-3H;1-3H,(H,10,11). The molecule has 0 amide bonds. The smallest absolute Gasteiger partial charge is 0.378 e. The van der Waals surface area contributed by atoms with E-state index in [1.165, 1.54) is 34.0 Å². The van der Waals surface area contributed by atoms with Crippen molar-refractivity contribution in [2.45, 2.75) is 0 Å². The van der Waals surface area contributed by atoms with Crippen molar-refractivity contribution in [3.8, 4) is 0 Å². The van der Waals surface area contributed by atoms with Gasteiger partial charge in [-0.25, -0.2) is 4.79 Å². The second-order valence-corrected chi connectivity index (χ2v) is 9.16. The first-order chi connectivity index (χ1) is 12.4. The van der Waals surface area contributed by atoms with Crippen molar-refractivity contribution >= 4 is 98.5 Å². The molecule has 26 heavy (non-hydrogen) atoms. The molecular formula is C16H7ClO5S4. The molecule has 4 rings (SSSR count). The van der Waals surface area contributed by atoms with Crippen molar-refractivity contribution in [2.24, 2.45) is 0 Å². The third kappa shape index (κ3) is 3.92. The summed E-state index contributed by atoms with van der Waals surface area (Å²) in [5, 5.41) is 11.4. The number of aliphatic carboxylic acids is 1. The Kier molecular flexibility index (Phi) is 5.64. The zero-order chi connectivity index (χ0) is 18.8. The molecule has 10 heteroatoms. The van der Waals surface area contributed by atoms with Crippen molar-refractivity contribution in [2.75, 3.05) is 0 Å². The SMILES string of the molecule is O=C(Cl)C(=O)c1cc2sccc2s1.O=C(O)C(=O)c1cc2sccc2s1. The number of thiophene rings is 4. The van der Waals surface area contributed by atoms with E-state index in [-0.39, 0.29) is 0 Å². The van der Waals surface area contributed by atoms with E-state index in [1.54, 1.807) is 23.5 Å². The maximum absolute atomic E-state index is 11.1. The number of ketones is 2. The van der Waals surface area contributed by atoms with Gasteiger partial charge in [-0.2, -0.15) is 0 Å². The van der Waals surface area contributed by atoms with Gasteiger partial charge in [0, 0.05) is 18.8 Å². The summed E-state index contributed by atoms with van der Waals surface area (Å²) in [5.74, 6) is -2.84. The molecule has 0 saturated carbocycles. The predicted octanol–water partition coefficient (Wildman–Crippen LogP) is 5.14. The van der Waals surface area contributed by atoms with E-state index in [0.717, 1.165) is 18.8 Å². The third-order valence-corrected chi connectivity index (χ3v) is 7.46. The van der Waals surface area contributed by atoms with E-state index in [0.29, 0.717) is 9.75 Å². The lowest BCUT2D eigenvalue weighted by molar-refractivity contribution is -0.131. The van der Waals surface area contributed by atoms with Crippen LogP contribution in [-0.4, -0.2) is 27.9 Å². The molecule has 132 valence electrons. The average Bonchev–Trinajstić information content (AvgIpc) is 3.32. The van der Waals surface area contributed by atoms with Crippen LogP contribution < -0.4 is 0 Å². The van der Waals surface area contributed by atoms with Crippen LogP contribution in [0.15, 0.2) is 35.0 Å². The molecular weight excluding hydrogens is 436 g/mol. The summed E-state index contributed by atoms with van der Waals surface area (Å²) in [6.45, 7) is 0. The van der Waals surface area contributed by atoms with E-state index in [2.05, 4.69) is 0 Å². The van der Waals surface area contributed by atoms with Gasteiger partial charge in [-0.15, -0.1) is 45.3 Å². The van der Waals surface area contributed by atoms with Crippen LogP contribution in [0.1, 0.15) is 19.3 Å². The number of carbonyl (C=O) groups is 4. The maximum Gasteiger partial charge on any atom is 0.378 e. The van der Waals surface area contributed by atoms with Crippen LogP contribution in [-0.2, 0) is 9.59 Å². The van der Waals surface area contributed by atoms with Crippen LogP contribution in [0.25, 0.3) is 18.8 Å². The molecule has 4 aromatic heterocycles. The number of carboxylic acid groups (broad SMARTS) is 1. The molecule has 0 radical (unpaired) electrons. The van der Waals surface area contributed by atoms with E-state index in [4.69, 9.17) is 16.7 Å². The Balaban J connectivity index is 0.000000151. The van der Waals surface area contributed by atoms with Crippen LogP contribution in [0.2, 0.25) is 0 Å². The van der Waals surface area contributed by atoms with Gasteiger partial charge in [-0.05, 0) is 46.6 Å². The summed E-state index contributed by atoms with van der Waals surface area (Å²) in [7, 11) is 0. The summed E-state index contributed by atoms with van der Waals surface area (Å²) < 4.78 is 3.97. The highest BCUT2D eigenvalue weighted by Gasteiger charge is 2.18. The molecule has 1 N–H and O–H groups in total. The molecule has 0 fully saturated rings. The molecule has 0 aliphatic carbocycles. The molecule has 4 aromatic rings. The molecule has 0 unspecified atom stereocenters. The summed E-state index contributed by atoms with van der Waals surface area (Å²) in [5.41, 5.74) is 0. The zero-order valence-electron chi connectivity index (χ0n) is 12.6. The lowest BCUT2D eigenvalue weighted by Gasteiger charge is -1.85. The van der Waals surface area contributed by atoms with Crippen molar-refractivity contribution < 1.29 is 24.3 Å². The highest BCUT2D eigenvalue weighted by molar-refractivity contribution is 7.29. The number of rotatable bonds is 4. The van der Waals surface area contributed by atoms with Crippen LogP contribution in [0.4, 0.5) is 0 Å². The Labute approximate surface area is 167 Å². The molecule has 5 nitrogen and oxygen atoms in total. The number of carbonyl (C=O) groups excluding carboxylic acids is 3. The minimum atomic E-state index is -1.39. The maximum atomic E-state index is 11.1. The van der Waals surface area contributed by atoms with Gasteiger partial charge in [0.15, 0.2) is 0 Å². The molecule has 0 aliphatic rings. The van der Waals surface area contributed by atoms with Crippen LogP contribution in [0.5, 0.6) is 0 Å². The van der Waals surface area contributed by atoms with Crippen molar-refractivity contribution in [1.29, 1.82) is 0 Å². The van der Waals surface area contributed by atoms with Crippen LogP contribution in [0, 0.1) is 0 Å². The zero-order valence-corrected chi connectivity index (χ0v) is 16.6. The van der Waals surface area contributed by atoms with Gasteiger partial charge in [-0.1, -0.05) is 0 Å². The Hall–Kier alpha value is -1.91. The monoisotopic (exact) mass is 442 g/mol. The number of Topliss-reactive ketones (excluding diaryl/α,β-unsaturated/α-hetero) is 2. The first-order valence-electron chi connectivity index (χ1n) is 6.82. The second-order valence-electron chi connectivity index (χ2n) is 4.76. The lowest BCUT2D eigenvalue weighted by atomic mass is 10.3. The Morgan fingerprint density at radius 1 is 0.769 bits per heavy atom. The van der Waals surface area contributed by atoms with Gasteiger partial charge in [0.2, 0.25) is 0 Å². The fraction of sp³-hybridized carbons (Fsp3) is 0. The van der Waals surface area contributed by atoms with Crippen molar-refractivity contribution in [3.63, 3.8) is 0 Å². The Morgan fingerprint density at radius 3 is 1.62 bits per heavy atom. The van der Waals surface area contributed by atoms with Gasteiger partial charge in [0.1, 0.15) is 0 Å². The number of carboxylic acids is 1. The van der Waals surface area contributed by atoms with Gasteiger partial charge in [0.05, 0.1) is 9.75 Å². The molecule has 0 aliphatic heterocycles. The molecule has 0 aromatic carbocycles. The Morgan fingerprint density at radius 2 is 1.23 bits per heavy atom. The lowest BCUT2D eigenvalue weighted by Crippen LogP contribution is -2.10. The summed E-state index contributed by atoms with van der Waals surface area (Å²) in [4.78, 5) is 43.8. The van der Waals surface area contributed by atoms with E-state index in [1.807, 2.05) is 22.9 Å². The first-order valence-corrected chi connectivity index (χ1v) is 10.6. The first kappa shape index (κ1) is 18.9. The van der Waals surface area contributed by atoms with Crippen LogP contribution >= 0.6 is 56.9 Å². The van der Waals surface area contributed by atoms with Crippen molar-refractivity contribution in [1.82, 2.24) is 0 Å². The number of halogens is 1. The third-order valence-electron chi connectivity index (χ3n) is 3.10. The fourth-order valence-electron chi connectivity index (χ4n) is 1.96. The van der Waals surface area contributed by atoms with Gasteiger partial charge < -0.3 is 5.11 Å². The molecule has 4 heterocycles. The number of hydrogen-bond donors (Lipinski definition) is 1. The van der Waals surface area contributed by atoms with E-state index < -0.39 is 22.8 Å². The summed E-state index contributed by atoms with van der Waals surface area (Å²) >= 11 is 10.6. The minimum absolute atomic E-state index is 0.300. The summed E-state index contributed by atoms with van der Waals surface area (Å²) in [6.07, 6.45) is 0. The van der Waals surface area contributed by atoms with Gasteiger partial charge in [0.25, 0.3) is 16.8 Å². The molecule has 0 atom stereocenters. The molecule has 0 saturated heterocycles. The van der Waals surface area contributed by atoms with Gasteiger partial charge in [-0.3, -0.25) is 14.4 Å². The molecule has 0 bridgehead atoms. The Bertz CT molecular complexity index is 998. The highest BCUT2D eigenvalue weighted by Crippen LogP contribution is 2.31. The normalized spacial score (nSPS) is 10.5. The van der Waals surface area contributed by atoms with Crippen LogP contribution in [0.3, 0.4) is 0 Å². The number of fused-ring (bicyclic) bond motifs is 2. The second kappa shape index (κ2) is 7.77. The minimum Gasteiger partial charge on any atom is -0.475 e. The van der Waals surface area contributed by atoms with Gasteiger partial charge >= 0.3 is 5.97 Å². The fourth-order valence-corrected chi connectivity index (χ4v) is 6.20. The average molecular weight is 443 g/mol. The highest BCUT2D eigenvalue weighted by atomic mass is 35.5. The molecule has 0 spiro atoms. The quantitative estimate of drug-likeness (QED) is 0.268. The predicted molar refractivity (Wildman–Crippen MR) is 107 cm³/mol. The van der Waals surface area contributed by atoms with E-state index >= 15 is 0 Å². The van der Waals surface area contributed by atoms with E-state index in [9.17, 15) is 19.2 Å². The van der Waals surface area contributed by atoms with Crippen molar-refractivity contribution in [3.05, 3.63) is 44.8 Å².